The molecule has 1 fully saturated rings. The van der Waals surface area contributed by atoms with E-state index in [1.165, 1.54) is 24.4 Å². The second-order valence-electron chi connectivity index (χ2n) is 4.55. The summed E-state index contributed by atoms with van der Waals surface area (Å²) in [6.07, 6.45) is 3.38. The van der Waals surface area contributed by atoms with Crippen LogP contribution in [0.4, 0.5) is 5.13 Å². The van der Waals surface area contributed by atoms with Gasteiger partial charge in [-0.2, -0.15) is 4.37 Å². The SMILES string of the molecule is CCc1nsc(N2CCCC(C(C)N)C2)n1. The van der Waals surface area contributed by atoms with Gasteiger partial charge >= 0.3 is 0 Å². The van der Waals surface area contributed by atoms with E-state index in [0.29, 0.717) is 5.92 Å². The van der Waals surface area contributed by atoms with Gasteiger partial charge in [0.1, 0.15) is 5.82 Å². The molecule has 2 atom stereocenters. The zero-order valence-corrected chi connectivity index (χ0v) is 10.8. The molecule has 1 aliphatic heterocycles. The molecule has 1 aliphatic rings. The number of nitrogens with two attached hydrogens (primary N) is 1. The van der Waals surface area contributed by atoms with Crippen LogP contribution in [0.3, 0.4) is 0 Å². The lowest BCUT2D eigenvalue weighted by Gasteiger charge is -2.34. The summed E-state index contributed by atoms with van der Waals surface area (Å²) in [5.74, 6) is 1.56. The lowest BCUT2D eigenvalue weighted by Crippen LogP contribution is -2.42. The van der Waals surface area contributed by atoms with Crippen LogP contribution in [0.1, 0.15) is 32.5 Å². The Hall–Kier alpha value is -0.680. The molecule has 90 valence electrons. The van der Waals surface area contributed by atoms with Crippen molar-refractivity contribution in [1.29, 1.82) is 0 Å². The lowest BCUT2D eigenvalue weighted by atomic mass is 9.92. The van der Waals surface area contributed by atoms with Gasteiger partial charge in [-0.05, 0) is 25.7 Å². The first-order valence-corrected chi connectivity index (χ1v) is 6.81. The maximum absolute atomic E-state index is 5.98. The topological polar surface area (TPSA) is 55.0 Å². The minimum Gasteiger partial charge on any atom is -0.347 e. The highest BCUT2D eigenvalue weighted by Crippen LogP contribution is 2.25. The van der Waals surface area contributed by atoms with Gasteiger partial charge in [0.05, 0.1) is 0 Å². The van der Waals surface area contributed by atoms with Gasteiger partial charge in [-0.25, -0.2) is 4.98 Å². The highest BCUT2D eigenvalue weighted by molar-refractivity contribution is 7.09. The van der Waals surface area contributed by atoms with Crippen molar-refractivity contribution in [3.05, 3.63) is 5.82 Å². The predicted octanol–water partition coefficient (Wildman–Crippen LogP) is 1.66. The van der Waals surface area contributed by atoms with Crippen molar-refractivity contribution >= 4 is 16.7 Å². The van der Waals surface area contributed by atoms with E-state index in [2.05, 4.69) is 28.1 Å². The fourth-order valence-corrected chi connectivity index (χ4v) is 2.91. The summed E-state index contributed by atoms with van der Waals surface area (Å²) in [6.45, 7) is 6.33. The Balaban J connectivity index is 2.03. The van der Waals surface area contributed by atoms with Crippen molar-refractivity contribution in [3.63, 3.8) is 0 Å². The molecule has 2 unspecified atom stereocenters. The quantitative estimate of drug-likeness (QED) is 0.873. The lowest BCUT2D eigenvalue weighted by molar-refractivity contribution is 0.364. The molecule has 2 rings (SSSR count). The summed E-state index contributed by atoms with van der Waals surface area (Å²) >= 11 is 1.52. The smallest absolute Gasteiger partial charge is 0.205 e. The third-order valence-electron chi connectivity index (χ3n) is 3.25. The molecule has 0 radical (unpaired) electrons. The summed E-state index contributed by atoms with van der Waals surface area (Å²) in [6, 6.07) is 0.279. The fourth-order valence-electron chi connectivity index (χ4n) is 2.13. The van der Waals surface area contributed by atoms with E-state index in [-0.39, 0.29) is 6.04 Å². The first kappa shape index (κ1) is 11.8. The molecule has 0 aromatic carbocycles. The summed E-state index contributed by atoms with van der Waals surface area (Å²) in [7, 11) is 0. The number of hydrogen-bond donors (Lipinski definition) is 1. The molecule has 5 heteroatoms. The van der Waals surface area contributed by atoms with E-state index in [9.17, 15) is 0 Å². The maximum Gasteiger partial charge on any atom is 0.205 e. The van der Waals surface area contributed by atoms with Crippen molar-refractivity contribution < 1.29 is 0 Å². The Kier molecular flexibility index (Phi) is 3.76. The molecule has 1 saturated heterocycles. The Bertz CT molecular complexity index is 336. The molecule has 2 heterocycles. The summed E-state index contributed by atoms with van der Waals surface area (Å²) in [4.78, 5) is 6.88. The molecule has 2 N–H and O–H groups in total. The molecular formula is C11H20N4S. The maximum atomic E-state index is 5.98. The van der Waals surface area contributed by atoms with Crippen molar-refractivity contribution in [2.45, 2.75) is 39.2 Å². The van der Waals surface area contributed by atoms with Gasteiger partial charge in [0.2, 0.25) is 5.13 Å². The Labute approximate surface area is 101 Å². The Morgan fingerprint density at radius 3 is 3.06 bits per heavy atom. The van der Waals surface area contributed by atoms with Gasteiger partial charge in [0, 0.05) is 37.1 Å². The third-order valence-corrected chi connectivity index (χ3v) is 4.06. The van der Waals surface area contributed by atoms with Crippen LogP contribution in [0, 0.1) is 5.92 Å². The van der Waals surface area contributed by atoms with Crippen molar-refractivity contribution in [3.8, 4) is 0 Å². The standard InChI is InChI=1S/C11H20N4S/c1-3-10-13-11(16-14-10)15-6-4-5-9(7-15)8(2)12/h8-9H,3-7,12H2,1-2H3. The van der Waals surface area contributed by atoms with Gasteiger partial charge in [-0.1, -0.05) is 6.92 Å². The first-order valence-electron chi connectivity index (χ1n) is 6.03. The van der Waals surface area contributed by atoms with E-state index in [4.69, 9.17) is 5.73 Å². The first-order chi connectivity index (χ1) is 7.70. The average molecular weight is 240 g/mol. The van der Waals surface area contributed by atoms with E-state index in [1.807, 2.05) is 0 Å². The van der Waals surface area contributed by atoms with Gasteiger partial charge in [-0.3, -0.25) is 0 Å². The highest BCUT2D eigenvalue weighted by atomic mass is 32.1. The van der Waals surface area contributed by atoms with Gasteiger partial charge in [0.15, 0.2) is 0 Å². The van der Waals surface area contributed by atoms with E-state index in [1.54, 1.807) is 0 Å². The number of anilines is 1. The van der Waals surface area contributed by atoms with Gasteiger partial charge < -0.3 is 10.6 Å². The van der Waals surface area contributed by atoms with Gasteiger partial charge in [0.25, 0.3) is 0 Å². The molecule has 16 heavy (non-hydrogen) atoms. The Morgan fingerprint density at radius 1 is 1.62 bits per heavy atom. The van der Waals surface area contributed by atoms with Gasteiger partial charge in [-0.15, -0.1) is 0 Å². The van der Waals surface area contributed by atoms with Crippen LogP contribution < -0.4 is 10.6 Å². The number of piperidine rings is 1. The molecular weight excluding hydrogens is 220 g/mol. The van der Waals surface area contributed by atoms with Crippen LogP contribution in [0.15, 0.2) is 0 Å². The average Bonchev–Trinajstić information content (AvgIpc) is 2.77. The molecule has 0 spiro atoms. The largest absolute Gasteiger partial charge is 0.347 e. The molecule has 0 aliphatic carbocycles. The van der Waals surface area contributed by atoms with E-state index >= 15 is 0 Å². The number of hydrogen-bond acceptors (Lipinski definition) is 5. The summed E-state index contributed by atoms with van der Waals surface area (Å²) < 4.78 is 4.34. The summed E-state index contributed by atoms with van der Waals surface area (Å²) in [5, 5.41) is 1.07. The molecule has 1 aromatic heterocycles. The third kappa shape index (κ3) is 2.52. The zero-order valence-electron chi connectivity index (χ0n) is 10.0. The van der Waals surface area contributed by atoms with Crippen molar-refractivity contribution in [2.24, 2.45) is 11.7 Å². The van der Waals surface area contributed by atoms with Crippen LogP contribution >= 0.6 is 11.5 Å². The molecule has 0 saturated carbocycles. The monoisotopic (exact) mass is 240 g/mol. The number of nitrogens with zero attached hydrogens (tertiary/aromatic N) is 3. The molecule has 1 aromatic rings. The number of aromatic nitrogens is 2. The molecule has 0 bridgehead atoms. The molecule has 0 amide bonds. The van der Waals surface area contributed by atoms with Crippen LogP contribution in [-0.2, 0) is 6.42 Å². The zero-order chi connectivity index (χ0) is 11.5. The summed E-state index contributed by atoms with van der Waals surface area (Å²) in [5.41, 5.74) is 5.98. The fraction of sp³-hybridized carbons (Fsp3) is 0.818. The minimum atomic E-state index is 0.279. The second kappa shape index (κ2) is 5.10. The molecule has 4 nitrogen and oxygen atoms in total. The van der Waals surface area contributed by atoms with Crippen molar-refractivity contribution in [2.75, 3.05) is 18.0 Å². The van der Waals surface area contributed by atoms with Crippen molar-refractivity contribution in [1.82, 2.24) is 9.36 Å². The predicted molar refractivity (Wildman–Crippen MR) is 67.9 cm³/mol. The van der Waals surface area contributed by atoms with Crippen LogP contribution in [0.25, 0.3) is 0 Å². The van der Waals surface area contributed by atoms with E-state index < -0.39 is 0 Å². The normalized spacial score (nSPS) is 23.4. The highest BCUT2D eigenvalue weighted by Gasteiger charge is 2.24. The van der Waals surface area contributed by atoms with Crippen LogP contribution in [0.2, 0.25) is 0 Å². The number of rotatable bonds is 3. The van der Waals surface area contributed by atoms with E-state index in [0.717, 1.165) is 30.5 Å². The number of aryl methyl sites for hydroxylation is 1. The second-order valence-corrected chi connectivity index (χ2v) is 5.28. The van der Waals surface area contributed by atoms with Crippen LogP contribution in [-0.4, -0.2) is 28.5 Å². The van der Waals surface area contributed by atoms with Crippen LogP contribution in [0.5, 0.6) is 0 Å². The Morgan fingerprint density at radius 2 is 2.44 bits per heavy atom. The minimum absolute atomic E-state index is 0.279.